The van der Waals surface area contributed by atoms with Crippen LogP contribution in [0.5, 0.6) is 0 Å². The Morgan fingerprint density at radius 2 is 0.682 bits per heavy atom. The number of hydrogen-bond acceptors (Lipinski definition) is 5. The van der Waals surface area contributed by atoms with Crippen molar-refractivity contribution in [3.05, 3.63) is 85.1 Å². The highest BCUT2D eigenvalue weighted by molar-refractivity contribution is 7.47. The maximum Gasteiger partial charge on any atom is 0.472 e. The molecule has 1 amide bonds. The first-order chi connectivity index (χ1) is 43.0. The summed E-state index contributed by atoms with van der Waals surface area (Å²) < 4.78 is 23.9. The number of nitrogens with zero attached hydrogens (tertiary/aromatic N) is 1. The van der Waals surface area contributed by atoms with Gasteiger partial charge in [-0.1, -0.05) is 369 Å². The van der Waals surface area contributed by atoms with E-state index in [1.807, 2.05) is 21.1 Å². The molecule has 514 valence electrons. The number of nitrogens with one attached hydrogen (secondary N) is 1. The Morgan fingerprint density at radius 1 is 0.398 bits per heavy atom. The normalized spacial score (nSPS) is 14.0. The summed E-state index contributed by atoms with van der Waals surface area (Å²) in [6.45, 7) is 4.82. The zero-order chi connectivity index (χ0) is 64.1. The van der Waals surface area contributed by atoms with Crippen LogP contribution in [0, 0.1) is 0 Å². The number of carbonyl (C=O) groups excluding carboxylic acids is 1. The predicted octanol–water partition coefficient (Wildman–Crippen LogP) is 24.7. The van der Waals surface area contributed by atoms with E-state index in [-0.39, 0.29) is 19.1 Å². The van der Waals surface area contributed by atoms with E-state index in [9.17, 15) is 19.4 Å². The molecule has 0 bridgehead atoms. The lowest BCUT2D eigenvalue weighted by molar-refractivity contribution is -0.870. The van der Waals surface area contributed by atoms with Gasteiger partial charge in [-0.3, -0.25) is 13.8 Å². The van der Waals surface area contributed by atoms with Gasteiger partial charge in [-0.05, 0) is 70.6 Å². The van der Waals surface area contributed by atoms with Crippen LogP contribution in [0.1, 0.15) is 361 Å². The Kier molecular flexibility index (Phi) is 67.2. The van der Waals surface area contributed by atoms with E-state index >= 15 is 0 Å². The lowest BCUT2D eigenvalue weighted by atomic mass is 10.0. The van der Waals surface area contributed by atoms with Crippen molar-refractivity contribution in [1.29, 1.82) is 0 Å². The first-order valence-corrected chi connectivity index (χ1v) is 39.4. The van der Waals surface area contributed by atoms with E-state index in [0.29, 0.717) is 23.9 Å². The predicted molar refractivity (Wildman–Crippen MR) is 387 cm³/mol. The fourth-order valence-electron chi connectivity index (χ4n) is 11.3. The summed E-state index contributed by atoms with van der Waals surface area (Å²) >= 11 is 0. The Hall–Kier alpha value is -2.32. The summed E-state index contributed by atoms with van der Waals surface area (Å²) in [7, 11) is 1.63. The molecule has 0 spiro atoms. The van der Waals surface area contributed by atoms with Gasteiger partial charge in [-0.15, -0.1) is 0 Å². The maximum absolute atomic E-state index is 13.1. The van der Waals surface area contributed by atoms with Crippen molar-refractivity contribution in [3.63, 3.8) is 0 Å². The summed E-state index contributed by atoms with van der Waals surface area (Å²) in [5, 5.41) is 14.2. The highest BCUT2D eigenvalue weighted by atomic mass is 31.2. The molecule has 3 unspecified atom stereocenters. The molecule has 0 fully saturated rings. The molecule has 0 rings (SSSR count). The first-order valence-electron chi connectivity index (χ1n) is 38.0. The number of rotatable bonds is 70. The molecule has 9 heteroatoms. The van der Waals surface area contributed by atoms with Crippen molar-refractivity contribution in [3.8, 4) is 0 Å². The van der Waals surface area contributed by atoms with Gasteiger partial charge >= 0.3 is 7.82 Å². The van der Waals surface area contributed by atoms with E-state index in [0.717, 1.165) is 83.5 Å². The zero-order valence-electron chi connectivity index (χ0n) is 59.0. The number of quaternary nitrogens is 1. The highest BCUT2D eigenvalue weighted by Gasteiger charge is 2.28. The summed E-state index contributed by atoms with van der Waals surface area (Å²) in [5.41, 5.74) is 0. The third-order valence-corrected chi connectivity index (χ3v) is 18.1. The maximum atomic E-state index is 13.1. The molecule has 0 aliphatic carbocycles. The van der Waals surface area contributed by atoms with Gasteiger partial charge in [0.05, 0.1) is 39.9 Å². The van der Waals surface area contributed by atoms with Crippen LogP contribution < -0.4 is 5.32 Å². The Labute approximate surface area is 547 Å². The molecule has 0 saturated heterocycles. The third-order valence-electron chi connectivity index (χ3n) is 17.2. The number of unbranched alkanes of at least 4 members (excludes halogenated alkanes) is 43. The molecule has 0 aliphatic rings. The van der Waals surface area contributed by atoms with Gasteiger partial charge in [-0.25, -0.2) is 4.57 Å². The van der Waals surface area contributed by atoms with Crippen molar-refractivity contribution in [2.45, 2.75) is 373 Å². The van der Waals surface area contributed by atoms with Crippen LogP contribution in [-0.4, -0.2) is 73.4 Å². The highest BCUT2D eigenvalue weighted by Crippen LogP contribution is 2.43. The minimum atomic E-state index is -4.33. The minimum absolute atomic E-state index is 0.0742. The summed E-state index contributed by atoms with van der Waals surface area (Å²) in [5.74, 6) is -0.140. The Balaban J connectivity index is 3.98. The molecule has 8 nitrogen and oxygen atoms in total. The Morgan fingerprint density at radius 3 is 1.00 bits per heavy atom. The van der Waals surface area contributed by atoms with Gasteiger partial charge in [0, 0.05) is 6.42 Å². The van der Waals surface area contributed by atoms with Crippen molar-refractivity contribution in [2.24, 2.45) is 0 Å². The van der Waals surface area contributed by atoms with Crippen LogP contribution in [0.3, 0.4) is 0 Å². The number of amides is 1. The number of phosphoric ester groups is 1. The number of hydrogen-bond donors (Lipinski definition) is 3. The number of aliphatic hydroxyl groups excluding tert-OH is 1. The number of phosphoric acid groups is 1. The second-order valence-corrected chi connectivity index (χ2v) is 28.5. The monoisotopic (exact) mass is 1250 g/mol. The fourth-order valence-corrected chi connectivity index (χ4v) is 12.1. The second kappa shape index (κ2) is 69.0. The van der Waals surface area contributed by atoms with Gasteiger partial charge in [-0.2, -0.15) is 0 Å². The molecule has 88 heavy (non-hydrogen) atoms. The van der Waals surface area contributed by atoms with Crippen molar-refractivity contribution < 1.29 is 32.9 Å². The summed E-state index contributed by atoms with van der Waals surface area (Å²) in [6.07, 6.45) is 98.5. The van der Waals surface area contributed by atoms with Gasteiger partial charge in [0.1, 0.15) is 13.2 Å². The van der Waals surface area contributed by atoms with Crippen molar-refractivity contribution in [2.75, 3.05) is 40.9 Å². The fraction of sp³-hybridized carbons (Fsp3) is 0.810. The average Bonchev–Trinajstić information content (AvgIpc) is 3.70. The molecule has 0 aromatic carbocycles. The van der Waals surface area contributed by atoms with Crippen molar-refractivity contribution in [1.82, 2.24) is 5.32 Å². The van der Waals surface area contributed by atoms with E-state index in [1.54, 1.807) is 0 Å². The molecular weight excluding hydrogens is 1100 g/mol. The zero-order valence-corrected chi connectivity index (χ0v) is 59.9. The molecule has 0 radical (unpaired) electrons. The van der Waals surface area contributed by atoms with Crippen LogP contribution in [0.25, 0.3) is 0 Å². The lowest BCUT2D eigenvalue weighted by Gasteiger charge is -2.26. The number of aliphatic hydroxyl groups is 1. The Bertz CT molecular complexity index is 1710. The second-order valence-electron chi connectivity index (χ2n) is 27.0. The van der Waals surface area contributed by atoms with Gasteiger partial charge in [0.15, 0.2) is 0 Å². The number of allylic oxidation sites excluding steroid dienone is 14. The van der Waals surface area contributed by atoms with Crippen LogP contribution in [0.4, 0.5) is 0 Å². The van der Waals surface area contributed by atoms with E-state index in [2.05, 4.69) is 104 Å². The SMILES string of the molecule is CC/C=C\C/C=C\C/C=C\C/C=C\C/C=C\C/C=C\C/C=C\CCCCCCCCCCCCCCCCCCCC(=O)NC(COP(=O)(O)OCC[N+](C)(C)C)C(O)CCCCCCCCCCCCCCCCCCCCCCCCCCCCC. The topological polar surface area (TPSA) is 105 Å². The molecule has 0 saturated carbocycles. The summed E-state index contributed by atoms with van der Waals surface area (Å²) in [6, 6.07) is -0.765. The summed E-state index contributed by atoms with van der Waals surface area (Å²) in [4.78, 5) is 23.5. The standard InChI is InChI=1S/C79H147N2O6P/c1-6-8-10-12-14-16-18-20-22-24-26-28-30-32-34-35-36-37-38-39-40-41-42-43-44-45-47-49-51-53-55-57-59-61-63-65-67-69-71-73-79(83)80-77(76-87-88(84,85)86-75-74-81(3,4)5)78(82)72-70-68-66-64-62-60-58-56-54-52-50-48-46-33-31-29-27-25-23-21-19-17-15-13-11-9-7-2/h8,10,14,16,20,22,26,28,32,34,36-37,39-40,77-78,82H,6-7,9,11-13,15,17-19,21,23-25,27,29-31,33,35,38,41-76H2,1-5H3,(H-,80,83,84,85)/p+1/b10-8-,16-14-,22-20-,28-26-,34-32-,37-36-,40-39-. The lowest BCUT2D eigenvalue weighted by Crippen LogP contribution is -2.46. The quantitative estimate of drug-likeness (QED) is 0.0243. The average molecular weight is 1250 g/mol. The molecule has 0 aromatic rings. The van der Waals surface area contributed by atoms with E-state index < -0.39 is 20.0 Å². The smallest absolute Gasteiger partial charge is 0.391 e. The van der Waals surface area contributed by atoms with Crippen LogP contribution in [-0.2, 0) is 18.4 Å². The molecule has 0 heterocycles. The molecule has 0 aromatic heterocycles. The van der Waals surface area contributed by atoms with Gasteiger partial charge in [0.25, 0.3) is 0 Å². The van der Waals surface area contributed by atoms with Gasteiger partial charge in [0.2, 0.25) is 5.91 Å². The molecule has 3 N–H and O–H groups in total. The minimum Gasteiger partial charge on any atom is -0.391 e. The van der Waals surface area contributed by atoms with Crippen LogP contribution in [0.2, 0.25) is 0 Å². The first kappa shape index (κ1) is 85.7. The van der Waals surface area contributed by atoms with E-state index in [4.69, 9.17) is 9.05 Å². The molecular formula is C79H148N2O6P+. The molecule has 0 aliphatic heterocycles. The molecule has 3 atom stereocenters. The van der Waals surface area contributed by atoms with E-state index in [1.165, 1.54) is 250 Å². The van der Waals surface area contributed by atoms with Gasteiger partial charge < -0.3 is 19.8 Å². The third kappa shape index (κ3) is 71.1. The largest absolute Gasteiger partial charge is 0.472 e. The number of likely N-dealkylation sites (N-methyl/N-ethyl adjacent to an activating group) is 1. The van der Waals surface area contributed by atoms with Crippen LogP contribution >= 0.6 is 7.82 Å². The van der Waals surface area contributed by atoms with Crippen molar-refractivity contribution >= 4 is 13.7 Å². The van der Waals surface area contributed by atoms with Crippen LogP contribution in [0.15, 0.2) is 85.1 Å². The number of carbonyl (C=O) groups is 1.